The lowest BCUT2D eigenvalue weighted by Gasteiger charge is -2.39. The van der Waals surface area contributed by atoms with Gasteiger partial charge in [-0.25, -0.2) is 11.0 Å². The van der Waals surface area contributed by atoms with Gasteiger partial charge in [-0.1, -0.05) is 48.5 Å². The van der Waals surface area contributed by atoms with Crippen molar-refractivity contribution in [2.24, 2.45) is 0 Å². The molecule has 0 bridgehead atoms. The number of anilines is 1. The lowest BCUT2D eigenvalue weighted by molar-refractivity contribution is -0.131. The maximum absolute atomic E-state index is 13.9. The number of rotatable bonds is 9. The number of piperazine rings is 1. The van der Waals surface area contributed by atoms with E-state index in [1.807, 2.05) is 41.3 Å². The molecule has 0 N–H and O–H groups in total. The minimum absolute atomic E-state index is 0.0101. The molecule has 1 aliphatic carbocycles. The monoisotopic (exact) mass is 655 g/mol. The number of benzene rings is 2. The average molecular weight is 656 g/mol. The van der Waals surface area contributed by atoms with Gasteiger partial charge in [-0.15, -0.1) is 0 Å². The highest BCUT2D eigenvalue weighted by atomic mass is 35.5. The van der Waals surface area contributed by atoms with Crippen molar-refractivity contribution < 1.29 is 18.7 Å². The summed E-state index contributed by atoms with van der Waals surface area (Å²) >= 11 is 6.76. The van der Waals surface area contributed by atoms with Crippen molar-refractivity contribution in [3.8, 4) is 23.0 Å². The molecule has 0 spiro atoms. The molecule has 2 aromatic carbocycles. The molecule has 3 aliphatic rings. The smallest absolute Gasteiger partial charge is 0.319 e. The molecule has 10 nitrogen and oxygen atoms in total. The maximum atomic E-state index is 13.9. The maximum Gasteiger partial charge on any atom is 0.319 e. The number of fused-ring (bicyclic) bond motifs is 2. The summed E-state index contributed by atoms with van der Waals surface area (Å²) in [5, 5.41) is 3.12. The van der Waals surface area contributed by atoms with Gasteiger partial charge in [0.15, 0.2) is 11.6 Å². The van der Waals surface area contributed by atoms with Gasteiger partial charge in [-0.3, -0.25) is 9.78 Å². The van der Waals surface area contributed by atoms with Crippen molar-refractivity contribution in [1.29, 1.82) is 0 Å². The summed E-state index contributed by atoms with van der Waals surface area (Å²) in [6.07, 6.45) is 5.76. The molecular weight excluding hydrogens is 621 g/mol. The zero-order valence-corrected chi connectivity index (χ0v) is 26.9. The first-order valence-corrected chi connectivity index (χ1v) is 16.3. The van der Waals surface area contributed by atoms with Crippen LogP contribution in [0.4, 0.5) is 10.2 Å². The van der Waals surface area contributed by atoms with Gasteiger partial charge in [0.25, 0.3) is 5.91 Å². The molecule has 4 heterocycles. The Hall–Kier alpha value is -4.53. The molecule has 0 radical (unpaired) electrons. The van der Waals surface area contributed by atoms with E-state index in [1.165, 1.54) is 4.90 Å². The SMILES string of the molecule is [C-]#[N+]C[C@H]1CN(c2nc(OC[C@@H]3CCCN3C)nc3c(OC4CC4)c(-c4cccc5cccc(Cl)c45)ncc23)CCN1C(=O)C(=C)F. The Labute approximate surface area is 277 Å². The molecule has 2 saturated heterocycles. The Morgan fingerprint density at radius 2 is 1.94 bits per heavy atom. The van der Waals surface area contributed by atoms with Crippen molar-refractivity contribution in [1.82, 2.24) is 24.8 Å². The molecule has 7 rings (SSSR count). The van der Waals surface area contributed by atoms with Gasteiger partial charge >= 0.3 is 6.01 Å². The van der Waals surface area contributed by atoms with E-state index in [0.717, 1.165) is 48.6 Å². The number of amides is 1. The van der Waals surface area contributed by atoms with E-state index in [2.05, 4.69) is 23.4 Å². The lowest BCUT2D eigenvalue weighted by atomic mass is 10.0. The lowest BCUT2D eigenvalue weighted by Crippen LogP contribution is -2.56. The van der Waals surface area contributed by atoms with Crippen LogP contribution >= 0.6 is 11.6 Å². The number of hydrogen-bond donors (Lipinski definition) is 0. The number of pyridine rings is 1. The summed E-state index contributed by atoms with van der Waals surface area (Å²) in [5.41, 5.74) is 2.01. The fraction of sp³-hybridized carbons (Fsp3) is 0.400. The molecule has 0 unspecified atom stereocenters. The van der Waals surface area contributed by atoms with Crippen LogP contribution in [0, 0.1) is 6.57 Å². The Morgan fingerprint density at radius 1 is 1.13 bits per heavy atom. The predicted octanol–water partition coefficient (Wildman–Crippen LogP) is 5.93. The number of hydrogen-bond acceptors (Lipinski definition) is 8. The van der Waals surface area contributed by atoms with Gasteiger partial charge in [0.1, 0.15) is 29.7 Å². The van der Waals surface area contributed by atoms with Crippen molar-refractivity contribution in [3.63, 3.8) is 0 Å². The molecular formula is C35H35ClFN7O3. The van der Waals surface area contributed by atoms with E-state index >= 15 is 0 Å². The van der Waals surface area contributed by atoms with Gasteiger partial charge in [0.2, 0.25) is 6.54 Å². The third kappa shape index (κ3) is 6.15. The number of halogens is 2. The number of ether oxygens (including phenoxy) is 2. The third-order valence-electron chi connectivity index (χ3n) is 9.23. The molecule has 1 amide bonds. The zero-order valence-electron chi connectivity index (χ0n) is 26.2. The van der Waals surface area contributed by atoms with E-state index in [0.29, 0.717) is 46.3 Å². The highest BCUT2D eigenvalue weighted by Gasteiger charge is 2.36. The summed E-state index contributed by atoms with van der Waals surface area (Å²) in [6.45, 7) is 13.0. The number of carbonyl (C=O) groups is 1. The second-order valence-electron chi connectivity index (χ2n) is 12.4. The van der Waals surface area contributed by atoms with Crippen LogP contribution in [0.25, 0.3) is 37.8 Å². The summed E-state index contributed by atoms with van der Waals surface area (Å²) < 4.78 is 26.9. The van der Waals surface area contributed by atoms with Gasteiger partial charge in [-0.2, -0.15) is 9.97 Å². The first-order chi connectivity index (χ1) is 22.8. The Kier molecular flexibility index (Phi) is 8.55. The zero-order chi connectivity index (χ0) is 32.7. The fourth-order valence-electron chi connectivity index (χ4n) is 6.58. The van der Waals surface area contributed by atoms with Crippen LogP contribution in [-0.2, 0) is 4.79 Å². The number of aromatic nitrogens is 3. The topological polar surface area (TPSA) is 88.3 Å². The van der Waals surface area contributed by atoms with Crippen LogP contribution in [0.2, 0.25) is 5.02 Å². The largest absolute Gasteiger partial charge is 0.486 e. The predicted molar refractivity (Wildman–Crippen MR) is 180 cm³/mol. The normalized spacial score (nSPS) is 20.0. The molecule has 47 heavy (non-hydrogen) atoms. The van der Waals surface area contributed by atoms with Crippen LogP contribution < -0.4 is 14.4 Å². The van der Waals surface area contributed by atoms with Gasteiger partial charge in [0.05, 0.1) is 11.5 Å². The highest BCUT2D eigenvalue weighted by molar-refractivity contribution is 6.36. The number of likely N-dealkylation sites (N-methyl/N-ethyl adjacent to an activating group) is 1. The quantitative estimate of drug-likeness (QED) is 0.162. The first-order valence-electron chi connectivity index (χ1n) is 15.9. The van der Waals surface area contributed by atoms with Crippen LogP contribution in [0.15, 0.2) is 55.0 Å². The van der Waals surface area contributed by atoms with Crippen LogP contribution in [0.5, 0.6) is 11.8 Å². The van der Waals surface area contributed by atoms with E-state index in [1.54, 1.807) is 6.20 Å². The van der Waals surface area contributed by atoms with Crippen molar-refractivity contribution in [2.45, 2.75) is 43.9 Å². The van der Waals surface area contributed by atoms with Crippen LogP contribution in [0.1, 0.15) is 25.7 Å². The van der Waals surface area contributed by atoms with E-state index < -0.39 is 17.8 Å². The fourth-order valence-corrected chi connectivity index (χ4v) is 6.86. The van der Waals surface area contributed by atoms with Crippen molar-refractivity contribution in [2.75, 3.05) is 51.3 Å². The molecule has 1 saturated carbocycles. The number of carbonyl (C=O) groups excluding carboxylic acids is 1. The van der Waals surface area contributed by atoms with Crippen LogP contribution in [0.3, 0.4) is 0 Å². The summed E-state index contributed by atoms with van der Waals surface area (Å²) in [6, 6.07) is 11.7. The van der Waals surface area contributed by atoms with Gasteiger partial charge in [0, 0.05) is 47.8 Å². The minimum atomic E-state index is -1.04. The number of nitrogens with zero attached hydrogens (tertiary/aromatic N) is 7. The molecule has 242 valence electrons. The molecule has 12 heteroatoms. The summed E-state index contributed by atoms with van der Waals surface area (Å²) in [5.74, 6) is -0.748. The Bertz CT molecular complexity index is 1910. The second-order valence-corrected chi connectivity index (χ2v) is 12.8. The average Bonchev–Trinajstić information content (AvgIpc) is 3.80. The van der Waals surface area contributed by atoms with Crippen LogP contribution in [-0.4, -0.2) is 95.2 Å². The van der Waals surface area contributed by atoms with Gasteiger partial charge in [-0.05, 0) is 50.7 Å². The standard InChI is InChI=1S/C35H35ClFN7O3/c1-21(37)34(45)44-16-15-43(19-24(44)17-38-2)33-27-18-39-30(26-10-4-7-22-8-5-11-28(36)29(22)26)32(47-25-12-13-25)31(27)40-35(41-33)46-20-23-9-6-14-42(23)3/h4-5,7-8,10-11,18,23-25H,1,6,9,12-17,19-20H2,3H3/t23-,24-/m0/s1. The highest BCUT2D eigenvalue weighted by Crippen LogP contribution is 2.44. The number of likely N-dealkylation sites (tertiary alicyclic amines) is 1. The van der Waals surface area contributed by atoms with Crippen molar-refractivity contribution >= 4 is 45.0 Å². The minimum Gasteiger partial charge on any atom is -0.486 e. The molecule has 2 aromatic heterocycles. The van der Waals surface area contributed by atoms with Crippen molar-refractivity contribution in [3.05, 3.63) is 71.4 Å². The molecule has 2 aliphatic heterocycles. The summed E-state index contributed by atoms with van der Waals surface area (Å²) in [7, 11) is 2.09. The second kappa shape index (κ2) is 12.9. The molecule has 3 fully saturated rings. The van der Waals surface area contributed by atoms with E-state index in [-0.39, 0.29) is 37.8 Å². The van der Waals surface area contributed by atoms with Gasteiger partial charge < -0.3 is 29.0 Å². The molecule has 2 atom stereocenters. The Balaban J connectivity index is 1.37. The molecule has 4 aromatic rings. The summed E-state index contributed by atoms with van der Waals surface area (Å²) in [4.78, 5) is 36.6. The van der Waals surface area contributed by atoms with E-state index in [4.69, 9.17) is 42.6 Å². The third-order valence-corrected chi connectivity index (χ3v) is 9.54. The Morgan fingerprint density at radius 3 is 2.66 bits per heavy atom. The first kappa shape index (κ1) is 31.1. The van der Waals surface area contributed by atoms with E-state index in [9.17, 15) is 9.18 Å².